The molecule has 1 aliphatic heterocycles. The third-order valence-electron chi connectivity index (χ3n) is 8.13. The number of ether oxygens (including phenoxy) is 4. The molecule has 1 saturated heterocycles. The van der Waals surface area contributed by atoms with Crippen LogP contribution in [0.15, 0.2) is 42.2 Å². The highest BCUT2D eigenvalue weighted by Crippen LogP contribution is 2.59. The van der Waals surface area contributed by atoms with E-state index < -0.39 is 54.0 Å². The maximum atomic E-state index is 13.4. The van der Waals surface area contributed by atoms with Crippen LogP contribution in [0.25, 0.3) is 6.08 Å². The van der Waals surface area contributed by atoms with Crippen LogP contribution in [-0.2, 0) is 28.5 Å². The summed E-state index contributed by atoms with van der Waals surface area (Å²) >= 11 is 0. The van der Waals surface area contributed by atoms with E-state index in [-0.39, 0.29) is 50.2 Å². The SMILES string of the molecule is CC(O)C(NC(=O)C1=CC2OC(C3CC3)(C3CC3)OC2C(OC(=O)c2ccc(C=COCCO)cc2)C1)C(=O)NCCO. The maximum Gasteiger partial charge on any atom is 0.338 e. The minimum absolute atomic E-state index is 0.0211. The summed E-state index contributed by atoms with van der Waals surface area (Å²) in [6.07, 6.45) is 5.57. The van der Waals surface area contributed by atoms with Crippen LogP contribution in [0.5, 0.6) is 0 Å². The first-order valence-electron chi connectivity index (χ1n) is 14.9. The highest BCUT2D eigenvalue weighted by atomic mass is 16.8. The lowest BCUT2D eigenvalue weighted by Gasteiger charge is -2.31. The minimum Gasteiger partial charge on any atom is -0.499 e. The predicted octanol–water partition coefficient (Wildman–Crippen LogP) is 0.796. The van der Waals surface area contributed by atoms with Crippen LogP contribution in [0.4, 0.5) is 0 Å². The van der Waals surface area contributed by atoms with Crippen LogP contribution in [0.1, 0.15) is 54.9 Å². The van der Waals surface area contributed by atoms with Crippen molar-refractivity contribution in [3.8, 4) is 0 Å². The van der Waals surface area contributed by atoms with Gasteiger partial charge in [-0.25, -0.2) is 4.79 Å². The lowest BCUT2D eigenvalue weighted by atomic mass is 9.91. The molecule has 5 atom stereocenters. The van der Waals surface area contributed by atoms with E-state index in [1.165, 1.54) is 13.2 Å². The Morgan fingerprint density at radius 2 is 1.77 bits per heavy atom. The Balaban J connectivity index is 1.33. The van der Waals surface area contributed by atoms with Crippen molar-refractivity contribution in [1.29, 1.82) is 0 Å². The fourth-order valence-electron chi connectivity index (χ4n) is 5.68. The van der Waals surface area contributed by atoms with E-state index in [9.17, 15) is 19.5 Å². The number of fused-ring (bicyclic) bond motifs is 1. The zero-order chi connectivity index (χ0) is 30.6. The average molecular weight is 601 g/mol. The zero-order valence-corrected chi connectivity index (χ0v) is 24.1. The number of hydrogen-bond donors (Lipinski definition) is 5. The molecule has 5 unspecified atom stereocenters. The normalized spacial score (nSPS) is 25.8. The topological polar surface area (TPSA) is 173 Å². The highest BCUT2D eigenvalue weighted by Gasteiger charge is 2.64. The number of aliphatic hydroxyl groups is 3. The summed E-state index contributed by atoms with van der Waals surface area (Å²) in [5, 5.41) is 33.1. The minimum atomic E-state index is -1.25. The van der Waals surface area contributed by atoms with Crippen LogP contribution in [-0.4, -0.2) is 95.7 Å². The Bertz CT molecular complexity index is 1210. The molecule has 0 bridgehead atoms. The number of carbonyl (C=O) groups excluding carboxylic acids is 3. The van der Waals surface area contributed by atoms with Gasteiger partial charge in [0.1, 0.15) is 31.0 Å². The van der Waals surface area contributed by atoms with Gasteiger partial charge < -0.3 is 44.9 Å². The number of esters is 1. The molecule has 0 spiro atoms. The number of nitrogens with one attached hydrogen (secondary N) is 2. The Morgan fingerprint density at radius 1 is 1.07 bits per heavy atom. The van der Waals surface area contributed by atoms with Gasteiger partial charge >= 0.3 is 5.97 Å². The second-order valence-electron chi connectivity index (χ2n) is 11.5. The first-order chi connectivity index (χ1) is 20.8. The molecule has 2 saturated carbocycles. The van der Waals surface area contributed by atoms with Crippen LogP contribution in [0.2, 0.25) is 0 Å². The van der Waals surface area contributed by atoms with Crippen LogP contribution in [0.3, 0.4) is 0 Å². The van der Waals surface area contributed by atoms with E-state index in [0.29, 0.717) is 5.56 Å². The zero-order valence-electron chi connectivity index (χ0n) is 24.1. The van der Waals surface area contributed by atoms with E-state index in [1.54, 1.807) is 36.4 Å². The molecule has 3 fully saturated rings. The summed E-state index contributed by atoms with van der Waals surface area (Å²) in [7, 11) is 0. The second kappa shape index (κ2) is 13.6. The quantitative estimate of drug-likeness (QED) is 0.117. The molecule has 12 nitrogen and oxygen atoms in total. The summed E-state index contributed by atoms with van der Waals surface area (Å²) in [6, 6.07) is 5.46. The van der Waals surface area contributed by atoms with Crippen molar-refractivity contribution in [2.45, 2.75) is 75.3 Å². The molecule has 0 aromatic heterocycles. The molecule has 1 aromatic rings. The largest absolute Gasteiger partial charge is 0.499 e. The van der Waals surface area contributed by atoms with Crippen molar-refractivity contribution in [3.05, 3.63) is 53.3 Å². The lowest BCUT2D eigenvalue weighted by molar-refractivity contribution is -0.209. The Hall–Kier alpha value is -3.29. The third kappa shape index (κ3) is 7.27. The van der Waals surface area contributed by atoms with Crippen molar-refractivity contribution in [2.24, 2.45) is 11.8 Å². The first-order valence-corrected chi connectivity index (χ1v) is 14.9. The summed E-state index contributed by atoms with van der Waals surface area (Å²) < 4.78 is 24.3. The molecule has 234 valence electrons. The third-order valence-corrected chi connectivity index (χ3v) is 8.13. The molecule has 1 heterocycles. The summed E-state index contributed by atoms with van der Waals surface area (Å²) in [5.74, 6) is -2.06. The average Bonchev–Trinajstić information content (AvgIpc) is 3.94. The highest BCUT2D eigenvalue weighted by molar-refractivity contribution is 5.97. The molecule has 1 aromatic carbocycles. The van der Waals surface area contributed by atoms with Crippen LogP contribution in [0, 0.1) is 11.8 Å². The van der Waals surface area contributed by atoms with Crippen molar-refractivity contribution in [3.63, 3.8) is 0 Å². The molecule has 4 aliphatic rings. The van der Waals surface area contributed by atoms with Gasteiger partial charge in [0.25, 0.3) is 0 Å². The fraction of sp³-hybridized carbons (Fsp3) is 0.581. The van der Waals surface area contributed by atoms with Gasteiger partial charge in [0.2, 0.25) is 11.8 Å². The lowest BCUT2D eigenvalue weighted by Crippen LogP contribution is -2.54. The number of amides is 2. The Labute approximate surface area is 250 Å². The summed E-state index contributed by atoms with van der Waals surface area (Å²) in [6.45, 7) is 1.18. The van der Waals surface area contributed by atoms with Crippen LogP contribution >= 0.6 is 0 Å². The van der Waals surface area contributed by atoms with E-state index in [4.69, 9.17) is 29.2 Å². The molecule has 0 radical (unpaired) electrons. The number of rotatable bonds is 14. The van der Waals surface area contributed by atoms with E-state index in [2.05, 4.69) is 10.6 Å². The van der Waals surface area contributed by atoms with Gasteiger partial charge in [-0.05, 0) is 62.5 Å². The van der Waals surface area contributed by atoms with Crippen molar-refractivity contribution >= 4 is 23.9 Å². The monoisotopic (exact) mass is 600 g/mol. The molecule has 5 N–H and O–H groups in total. The van der Waals surface area contributed by atoms with Crippen molar-refractivity contribution in [2.75, 3.05) is 26.4 Å². The first kappa shape index (κ1) is 31.1. The van der Waals surface area contributed by atoms with Crippen molar-refractivity contribution in [1.82, 2.24) is 10.6 Å². The molecule has 12 heteroatoms. The van der Waals surface area contributed by atoms with Gasteiger partial charge in [-0.2, -0.15) is 0 Å². The Kier molecular flexibility index (Phi) is 9.82. The molecule has 43 heavy (non-hydrogen) atoms. The summed E-state index contributed by atoms with van der Waals surface area (Å²) in [5.41, 5.74) is 1.36. The molecular weight excluding hydrogens is 560 g/mol. The standard InChI is InChI=1S/C31H40N2O10/c1-18(36)26(29(38)32-11-12-34)33-28(37)21-16-24(27-25(17-21)42-31(43-27,22-6-7-22)23-8-9-23)41-30(39)20-4-2-19(3-5-20)10-14-40-15-13-35/h2-5,10,14,17-18,22-27,34-36H,6-9,11-13,15-16H2,1H3,(H,32,38)(H,33,37). The number of benzene rings is 1. The number of aliphatic hydroxyl groups excluding tert-OH is 3. The predicted molar refractivity (Wildman–Crippen MR) is 152 cm³/mol. The second-order valence-corrected chi connectivity index (χ2v) is 11.5. The van der Waals surface area contributed by atoms with E-state index in [1.807, 2.05) is 0 Å². The fourth-order valence-corrected chi connectivity index (χ4v) is 5.68. The van der Waals surface area contributed by atoms with Gasteiger partial charge in [-0.1, -0.05) is 12.1 Å². The van der Waals surface area contributed by atoms with Gasteiger partial charge in [0.05, 0.1) is 31.1 Å². The maximum absolute atomic E-state index is 13.4. The molecule has 3 aliphatic carbocycles. The molecule has 2 amide bonds. The van der Waals surface area contributed by atoms with Gasteiger partial charge in [-0.15, -0.1) is 0 Å². The molecule has 5 rings (SSSR count). The smallest absolute Gasteiger partial charge is 0.338 e. The van der Waals surface area contributed by atoms with E-state index >= 15 is 0 Å². The number of hydrogen-bond acceptors (Lipinski definition) is 10. The van der Waals surface area contributed by atoms with Gasteiger partial charge in [0, 0.05) is 30.4 Å². The summed E-state index contributed by atoms with van der Waals surface area (Å²) in [4.78, 5) is 39.2. The van der Waals surface area contributed by atoms with Gasteiger partial charge in [-0.3, -0.25) is 9.59 Å². The van der Waals surface area contributed by atoms with Crippen LogP contribution < -0.4 is 10.6 Å². The Morgan fingerprint density at radius 3 is 2.37 bits per heavy atom. The van der Waals surface area contributed by atoms with Crippen molar-refractivity contribution < 1.29 is 48.7 Å². The number of carbonyl (C=O) groups is 3. The van der Waals surface area contributed by atoms with E-state index in [0.717, 1.165) is 31.2 Å². The molecular formula is C31H40N2O10. The van der Waals surface area contributed by atoms with Gasteiger partial charge in [0.15, 0.2) is 5.79 Å².